The van der Waals surface area contributed by atoms with Crippen LogP contribution in [0.1, 0.15) is 73.7 Å². The third-order valence-corrected chi connectivity index (χ3v) is 6.20. The monoisotopic (exact) mass is 424 g/mol. The summed E-state index contributed by atoms with van der Waals surface area (Å²) in [6.45, 7) is 8.03. The van der Waals surface area contributed by atoms with Crippen LogP contribution in [0.25, 0.3) is 5.69 Å². The Hall–Kier alpha value is -3.07. The molecule has 2 unspecified atom stereocenters. The van der Waals surface area contributed by atoms with Crippen LogP contribution in [0, 0.1) is 6.92 Å². The minimum absolute atomic E-state index is 0.0306. The third kappa shape index (κ3) is 3.97. The van der Waals surface area contributed by atoms with Gasteiger partial charge in [0.05, 0.1) is 11.5 Å². The Morgan fingerprint density at radius 3 is 2.81 bits per heavy atom. The van der Waals surface area contributed by atoms with Gasteiger partial charge in [0.2, 0.25) is 0 Å². The molecular weight excluding hydrogens is 396 g/mol. The smallest absolute Gasteiger partial charge is 0.256 e. The van der Waals surface area contributed by atoms with Crippen LogP contribution in [-0.2, 0) is 5.60 Å². The molecule has 164 valence electrons. The lowest BCUT2D eigenvalue weighted by Crippen LogP contribution is -2.45. The molecule has 31 heavy (non-hydrogen) atoms. The first kappa shape index (κ1) is 21.2. The van der Waals surface area contributed by atoms with Crippen LogP contribution in [0.4, 0.5) is 0 Å². The predicted molar refractivity (Wildman–Crippen MR) is 113 cm³/mol. The molecule has 9 nitrogen and oxygen atoms in total. The van der Waals surface area contributed by atoms with Crippen LogP contribution < -0.4 is 0 Å². The maximum atomic E-state index is 13.5. The molecule has 0 bridgehead atoms. The standard InChI is InChI=1S/C22H28N6O3/c1-5-22(4,30)19-15(3)31-20(25-19)16-11-10-14(2)27(12-16)21(29)17-8-6-7-9-18(17)28-24-13-23-26-28/h6-9,13-14,16,30H,5,10-12H2,1-4H3/t14-,16?,22?/m1/s1. The van der Waals surface area contributed by atoms with E-state index >= 15 is 0 Å². The zero-order valence-electron chi connectivity index (χ0n) is 18.3. The number of nitrogens with zero attached hydrogens (tertiary/aromatic N) is 6. The molecule has 1 amide bonds. The van der Waals surface area contributed by atoms with Gasteiger partial charge in [0.15, 0.2) is 12.2 Å². The number of carbonyl (C=O) groups excluding carboxylic acids is 1. The SMILES string of the molecule is CCC(C)(O)c1nc(C2CC[C@@H](C)N(C(=O)c3ccccc3-n3ncnn3)C2)oc1C. The number of tetrazole rings is 1. The molecule has 1 aliphatic heterocycles. The predicted octanol–water partition coefficient (Wildman–Crippen LogP) is 2.98. The molecule has 0 aliphatic carbocycles. The maximum Gasteiger partial charge on any atom is 0.256 e. The molecule has 1 N–H and O–H groups in total. The number of carbonyl (C=O) groups is 1. The van der Waals surface area contributed by atoms with Gasteiger partial charge in [-0.15, -0.1) is 15.0 Å². The largest absolute Gasteiger partial charge is 0.445 e. The van der Waals surface area contributed by atoms with Gasteiger partial charge in [-0.25, -0.2) is 4.98 Å². The minimum Gasteiger partial charge on any atom is -0.445 e. The summed E-state index contributed by atoms with van der Waals surface area (Å²) in [6, 6.07) is 7.33. The second kappa shape index (κ2) is 8.22. The van der Waals surface area contributed by atoms with E-state index in [1.165, 1.54) is 11.1 Å². The molecule has 2 aromatic heterocycles. The molecule has 1 saturated heterocycles. The van der Waals surface area contributed by atoms with Crippen LogP contribution >= 0.6 is 0 Å². The Labute approximate surface area is 181 Å². The Morgan fingerprint density at radius 1 is 1.32 bits per heavy atom. The molecule has 1 aromatic carbocycles. The van der Waals surface area contributed by atoms with Gasteiger partial charge in [0.1, 0.15) is 22.7 Å². The number of oxazole rings is 1. The number of para-hydroxylation sites is 1. The molecule has 4 rings (SSSR count). The van der Waals surface area contributed by atoms with Crippen molar-refractivity contribution in [2.75, 3.05) is 6.54 Å². The Balaban J connectivity index is 1.61. The summed E-state index contributed by atoms with van der Waals surface area (Å²) in [5, 5.41) is 22.4. The van der Waals surface area contributed by atoms with E-state index in [9.17, 15) is 9.90 Å². The summed E-state index contributed by atoms with van der Waals surface area (Å²) in [5.74, 6) is 1.09. The summed E-state index contributed by atoms with van der Waals surface area (Å²) < 4.78 is 5.95. The Kier molecular flexibility index (Phi) is 5.62. The normalized spacial score (nSPS) is 21.1. The summed E-state index contributed by atoms with van der Waals surface area (Å²) in [4.78, 5) is 21.4. The van der Waals surface area contributed by atoms with Gasteiger partial charge >= 0.3 is 0 Å². The van der Waals surface area contributed by atoms with Crippen molar-refractivity contribution in [2.45, 2.75) is 64.5 Å². The van der Waals surface area contributed by atoms with Crippen molar-refractivity contribution in [2.24, 2.45) is 0 Å². The number of benzene rings is 1. The molecule has 3 atom stereocenters. The number of aliphatic hydroxyl groups is 1. The van der Waals surface area contributed by atoms with E-state index in [-0.39, 0.29) is 17.9 Å². The van der Waals surface area contributed by atoms with Crippen LogP contribution in [-0.4, -0.2) is 53.7 Å². The van der Waals surface area contributed by atoms with Gasteiger partial charge in [0, 0.05) is 12.6 Å². The van der Waals surface area contributed by atoms with Crippen molar-refractivity contribution in [1.29, 1.82) is 0 Å². The van der Waals surface area contributed by atoms with Crippen LogP contribution in [0.2, 0.25) is 0 Å². The van der Waals surface area contributed by atoms with E-state index in [2.05, 4.69) is 27.3 Å². The zero-order valence-corrected chi connectivity index (χ0v) is 18.3. The highest BCUT2D eigenvalue weighted by molar-refractivity contribution is 5.98. The first-order valence-corrected chi connectivity index (χ1v) is 10.7. The Bertz CT molecular complexity index is 1060. The number of amides is 1. The van der Waals surface area contributed by atoms with E-state index < -0.39 is 5.60 Å². The third-order valence-electron chi connectivity index (χ3n) is 6.20. The molecule has 0 spiro atoms. The van der Waals surface area contributed by atoms with Crippen molar-refractivity contribution in [3.63, 3.8) is 0 Å². The molecule has 3 heterocycles. The maximum absolute atomic E-state index is 13.5. The van der Waals surface area contributed by atoms with Crippen LogP contribution in [0.3, 0.4) is 0 Å². The highest BCUT2D eigenvalue weighted by Gasteiger charge is 2.36. The first-order chi connectivity index (χ1) is 14.8. The van der Waals surface area contributed by atoms with E-state index in [0.29, 0.717) is 41.6 Å². The van der Waals surface area contributed by atoms with E-state index in [1.807, 2.05) is 30.9 Å². The zero-order chi connectivity index (χ0) is 22.2. The number of piperidine rings is 1. The van der Waals surface area contributed by atoms with Gasteiger partial charge < -0.3 is 14.4 Å². The van der Waals surface area contributed by atoms with Crippen molar-refractivity contribution in [3.8, 4) is 5.69 Å². The molecule has 3 aromatic rings. The highest BCUT2D eigenvalue weighted by Crippen LogP contribution is 2.34. The minimum atomic E-state index is -1.03. The number of aryl methyl sites for hydroxylation is 1. The first-order valence-electron chi connectivity index (χ1n) is 10.7. The van der Waals surface area contributed by atoms with Crippen molar-refractivity contribution in [1.82, 2.24) is 30.1 Å². The lowest BCUT2D eigenvalue weighted by atomic mass is 9.92. The van der Waals surface area contributed by atoms with Crippen LogP contribution in [0.15, 0.2) is 35.0 Å². The average molecular weight is 425 g/mol. The Morgan fingerprint density at radius 2 is 2.10 bits per heavy atom. The van der Waals surface area contributed by atoms with Crippen molar-refractivity contribution >= 4 is 5.91 Å². The van der Waals surface area contributed by atoms with Gasteiger partial charge in [-0.05, 0) is 57.4 Å². The van der Waals surface area contributed by atoms with Gasteiger partial charge in [0.25, 0.3) is 5.91 Å². The lowest BCUT2D eigenvalue weighted by molar-refractivity contribution is 0.0473. The molecule has 1 fully saturated rings. The fourth-order valence-corrected chi connectivity index (χ4v) is 4.11. The van der Waals surface area contributed by atoms with Gasteiger partial charge in [-0.3, -0.25) is 4.79 Å². The fraction of sp³-hybridized carbons (Fsp3) is 0.500. The average Bonchev–Trinajstić information content (AvgIpc) is 3.44. The van der Waals surface area contributed by atoms with E-state index in [1.54, 1.807) is 19.1 Å². The number of rotatable bonds is 5. The second-order valence-electron chi connectivity index (χ2n) is 8.41. The van der Waals surface area contributed by atoms with Crippen LogP contribution in [0.5, 0.6) is 0 Å². The summed E-state index contributed by atoms with van der Waals surface area (Å²) in [7, 11) is 0. The molecule has 9 heteroatoms. The molecular formula is C22H28N6O3. The topological polar surface area (TPSA) is 110 Å². The van der Waals surface area contributed by atoms with Gasteiger partial charge in [-0.2, -0.15) is 0 Å². The molecule has 0 radical (unpaired) electrons. The number of hydrogen-bond acceptors (Lipinski definition) is 7. The summed E-state index contributed by atoms with van der Waals surface area (Å²) in [5.41, 5.74) is 0.649. The lowest BCUT2D eigenvalue weighted by Gasteiger charge is -2.37. The molecule has 1 aliphatic rings. The highest BCUT2D eigenvalue weighted by atomic mass is 16.4. The fourth-order valence-electron chi connectivity index (χ4n) is 4.11. The van der Waals surface area contributed by atoms with Crippen molar-refractivity contribution in [3.05, 3.63) is 53.5 Å². The summed E-state index contributed by atoms with van der Waals surface area (Å²) in [6.07, 6.45) is 3.58. The van der Waals surface area contributed by atoms with E-state index in [0.717, 1.165) is 12.8 Å². The summed E-state index contributed by atoms with van der Waals surface area (Å²) >= 11 is 0. The second-order valence-corrected chi connectivity index (χ2v) is 8.41. The van der Waals surface area contributed by atoms with Gasteiger partial charge in [-0.1, -0.05) is 19.1 Å². The molecule has 0 saturated carbocycles. The number of hydrogen-bond donors (Lipinski definition) is 1. The quantitative estimate of drug-likeness (QED) is 0.670. The number of aromatic nitrogens is 5. The number of likely N-dealkylation sites (tertiary alicyclic amines) is 1. The van der Waals surface area contributed by atoms with E-state index in [4.69, 9.17) is 4.42 Å². The van der Waals surface area contributed by atoms with Crippen molar-refractivity contribution < 1.29 is 14.3 Å².